The molecular formula is C14H20N4O3. The second kappa shape index (κ2) is 6.53. The normalized spacial score (nSPS) is 17.2. The van der Waals surface area contributed by atoms with Gasteiger partial charge in [-0.15, -0.1) is 0 Å². The molecule has 0 bridgehead atoms. The van der Waals surface area contributed by atoms with Gasteiger partial charge in [0.15, 0.2) is 0 Å². The predicted molar refractivity (Wildman–Crippen MR) is 77.3 cm³/mol. The number of carbonyl (C=O) groups excluding carboxylic acids is 2. The van der Waals surface area contributed by atoms with Crippen LogP contribution < -0.4 is 10.6 Å². The van der Waals surface area contributed by atoms with Crippen molar-refractivity contribution in [2.75, 3.05) is 20.3 Å². The summed E-state index contributed by atoms with van der Waals surface area (Å²) in [6.45, 7) is 5.40. The van der Waals surface area contributed by atoms with Crippen molar-refractivity contribution in [3.8, 4) is 0 Å². The van der Waals surface area contributed by atoms with Gasteiger partial charge in [0.05, 0.1) is 25.2 Å². The first kappa shape index (κ1) is 15.2. The van der Waals surface area contributed by atoms with E-state index in [0.717, 1.165) is 5.69 Å². The zero-order valence-corrected chi connectivity index (χ0v) is 12.5. The van der Waals surface area contributed by atoms with Crippen molar-refractivity contribution in [2.24, 2.45) is 0 Å². The number of methoxy groups -OCH3 is 1. The van der Waals surface area contributed by atoms with E-state index < -0.39 is 0 Å². The Kier molecular flexibility index (Phi) is 4.74. The maximum atomic E-state index is 11.8. The Hall–Kier alpha value is -2.15. The molecule has 7 heteroatoms. The summed E-state index contributed by atoms with van der Waals surface area (Å²) in [5.41, 5.74) is 1.92. The van der Waals surface area contributed by atoms with Crippen LogP contribution in [0.25, 0.3) is 6.08 Å². The standard InChI is InChI=1S/C14H20N4O3/c1-9(2)13-10(16-8-18(13)4-5-21-3)6-11-14(20)15-7-12(19)17-11/h6,8-9H,4-5,7H2,1-3H3,(H,15,20)(H,17,19). The Balaban J connectivity index is 2.32. The van der Waals surface area contributed by atoms with E-state index in [1.165, 1.54) is 0 Å². The molecule has 21 heavy (non-hydrogen) atoms. The number of amides is 2. The minimum absolute atomic E-state index is 0.00942. The van der Waals surface area contributed by atoms with Gasteiger partial charge in [0.2, 0.25) is 5.91 Å². The number of rotatable bonds is 5. The number of carbonyl (C=O) groups is 2. The average Bonchev–Trinajstić information content (AvgIpc) is 2.83. The third-order valence-corrected chi connectivity index (χ3v) is 3.20. The Bertz CT molecular complexity index is 575. The monoisotopic (exact) mass is 292 g/mol. The fourth-order valence-electron chi connectivity index (χ4n) is 2.26. The summed E-state index contributed by atoms with van der Waals surface area (Å²) in [5, 5.41) is 5.09. The molecule has 0 atom stereocenters. The molecule has 0 spiro atoms. The van der Waals surface area contributed by atoms with E-state index in [4.69, 9.17) is 4.74 Å². The number of hydrogen-bond donors (Lipinski definition) is 2. The highest BCUT2D eigenvalue weighted by molar-refractivity contribution is 6.05. The van der Waals surface area contributed by atoms with E-state index in [1.807, 2.05) is 4.57 Å². The van der Waals surface area contributed by atoms with Gasteiger partial charge in [0, 0.05) is 19.3 Å². The van der Waals surface area contributed by atoms with Crippen LogP contribution in [0.5, 0.6) is 0 Å². The van der Waals surface area contributed by atoms with Gasteiger partial charge < -0.3 is 19.9 Å². The number of nitrogens with one attached hydrogen (secondary N) is 2. The number of imidazole rings is 1. The van der Waals surface area contributed by atoms with Gasteiger partial charge >= 0.3 is 0 Å². The zero-order chi connectivity index (χ0) is 15.4. The Morgan fingerprint density at radius 2 is 2.24 bits per heavy atom. The lowest BCUT2D eigenvalue weighted by atomic mass is 10.1. The molecule has 2 rings (SSSR count). The minimum atomic E-state index is -0.296. The molecule has 1 fully saturated rings. The number of piperazine rings is 1. The fourth-order valence-corrected chi connectivity index (χ4v) is 2.26. The molecule has 0 radical (unpaired) electrons. The van der Waals surface area contributed by atoms with Crippen LogP contribution in [-0.4, -0.2) is 41.6 Å². The van der Waals surface area contributed by atoms with Crippen LogP contribution in [0.2, 0.25) is 0 Å². The van der Waals surface area contributed by atoms with Gasteiger partial charge in [-0.2, -0.15) is 0 Å². The molecule has 0 aromatic carbocycles. The lowest BCUT2D eigenvalue weighted by Gasteiger charge is -2.16. The van der Waals surface area contributed by atoms with Gasteiger partial charge in [-0.05, 0) is 12.0 Å². The maximum absolute atomic E-state index is 11.8. The molecule has 7 nitrogen and oxygen atoms in total. The van der Waals surface area contributed by atoms with Crippen LogP contribution in [0.15, 0.2) is 12.0 Å². The van der Waals surface area contributed by atoms with Crippen molar-refractivity contribution >= 4 is 17.9 Å². The summed E-state index contributed by atoms with van der Waals surface area (Å²) >= 11 is 0. The van der Waals surface area contributed by atoms with E-state index in [1.54, 1.807) is 19.5 Å². The van der Waals surface area contributed by atoms with Crippen molar-refractivity contribution in [3.05, 3.63) is 23.4 Å². The molecule has 0 unspecified atom stereocenters. The number of hydrogen-bond acceptors (Lipinski definition) is 4. The van der Waals surface area contributed by atoms with Crippen molar-refractivity contribution < 1.29 is 14.3 Å². The number of ether oxygens (including phenoxy) is 1. The first-order valence-electron chi connectivity index (χ1n) is 6.86. The van der Waals surface area contributed by atoms with Crippen molar-refractivity contribution in [1.29, 1.82) is 0 Å². The summed E-state index contributed by atoms with van der Waals surface area (Å²) in [4.78, 5) is 27.5. The SMILES string of the molecule is COCCn1cnc(C=C2NC(=O)CNC2=O)c1C(C)C. The molecule has 1 aliphatic rings. The highest BCUT2D eigenvalue weighted by Crippen LogP contribution is 2.21. The molecule has 0 aliphatic carbocycles. The molecule has 2 heterocycles. The Labute approximate surface area is 123 Å². The smallest absolute Gasteiger partial charge is 0.268 e. The largest absolute Gasteiger partial charge is 0.383 e. The summed E-state index contributed by atoms with van der Waals surface area (Å²) in [6.07, 6.45) is 3.34. The molecule has 1 saturated heterocycles. The molecule has 0 saturated carbocycles. The van der Waals surface area contributed by atoms with Crippen molar-refractivity contribution in [1.82, 2.24) is 20.2 Å². The van der Waals surface area contributed by atoms with Crippen LogP contribution in [-0.2, 0) is 20.9 Å². The fraction of sp³-hybridized carbons (Fsp3) is 0.500. The minimum Gasteiger partial charge on any atom is -0.383 e. The summed E-state index contributed by atoms with van der Waals surface area (Å²) < 4.78 is 7.09. The van der Waals surface area contributed by atoms with Crippen LogP contribution >= 0.6 is 0 Å². The topological polar surface area (TPSA) is 85.2 Å². The van der Waals surface area contributed by atoms with Gasteiger partial charge in [0.1, 0.15) is 5.70 Å². The first-order chi connectivity index (χ1) is 10.0. The van der Waals surface area contributed by atoms with Gasteiger partial charge in [-0.1, -0.05) is 13.8 Å². The third kappa shape index (κ3) is 3.49. The third-order valence-electron chi connectivity index (χ3n) is 3.20. The highest BCUT2D eigenvalue weighted by Gasteiger charge is 2.21. The van der Waals surface area contributed by atoms with Crippen LogP contribution in [0.1, 0.15) is 31.2 Å². The molecule has 2 amide bonds. The van der Waals surface area contributed by atoms with Gasteiger partial charge in [-0.25, -0.2) is 4.98 Å². The van der Waals surface area contributed by atoms with E-state index in [-0.39, 0.29) is 30.0 Å². The molecular weight excluding hydrogens is 272 g/mol. The number of nitrogens with zero attached hydrogens (tertiary/aromatic N) is 2. The molecule has 2 N–H and O–H groups in total. The quantitative estimate of drug-likeness (QED) is 0.761. The van der Waals surface area contributed by atoms with Crippen LogP contribution in [0, 0.1) is 0 Å². The highest BCUT2D eigenvalue weighted by atomic mass is 16.5. The Morgan fingerprint density at radius 1 is 1.48 bits per heavy atom. The zero-order valence-electron chi connectivity index (χ0n) is 12.5. The molecule has 1 aromatic rings. The van der Waals surface area contributed by atoms with Crippen LogP contribution in [0.4, 0.5) is 0 Å². The van der Waals surface area contributed by atoms with Crippen molar-refractivity contribution in [3.63, 3.8) is 0 Å². The molecule has 1 aliphatic heterocycles. The van der Waals surface area contributed by atoms with Crippen molar-refractivity contribution in [2.45, 2.75) is 26.3 Å². The molecule has 1 aromatic heterocycles. The second-order valence-electron chi connectivity index (χ2n) is 5.14. The molecule has 114 valence electrons. The van der Waals surface area contributed by atoms with E-state index in [2.05, 4.69) is 29.5 Å². The lowest BCUT2D eigenvalue weighted by Crippen LogP contribution is -2.46. The Morgan fingerprint density at radius 3 is 2.90 bits per heavy atom. The number of aromatic nitrogens is 2. The van der Waals surface area contributed by atoms with Gasteiger partial charge in [-0.3, -0.25) is 9.59 Å². The summed E-state index contributed by atoms with van der Waals surface area (Å²) in [6, 6.07) is 0. The average molecular weight is 292 g/mol. The second-order valence-corrected chi connectivity index (χ2v) is 5.14. The maximum Gasteiger partial charge on any atom is 0.268 e. The predicted octanol–water partition coefficient (Wildman–Crippen LogP) is 0.240. The van der Waals surface area contributed by atoms with E-state index in [0.29, 0.717) is 18.8 Å². The lowest BCUT2D eigenvalue weighted by molar-refractivity contribution is -0.127. The van der Waals surface area contributed by atoms with E-state index >= 15 is 0 Å². The van der Waals surface area contributed by atoms with Gasteiger partial charge in [0.25, 0.3) is 5.91 Å². The summed E-state index contributed by atoms with van der Waals surface area (Å²) in [5.74, 6) is -0.292. The van der Waals surface area contributed by atoms with E-state index in [9.17, 15) is 9.59 Å². The first-order valence-corrected chi connectivity index (χ1v) is 6.86. The van der Waals surface area contributed by atoms with Crippen LogP contribution in [0.3, 0.4) is 0 Å². The summed E-state index contributed by atoms with van der Waals surface area (Å²) in [7, 11) is 1.65.